The minimum absolute atomic E-state index is 0.0802. The number of nitriles is 3. The number of allylic oxidation sites excluding steroid dienone is 2. The summed E-state index contributed by atoms with van der Waals surface area (Å²) in [7, 11) is 1.99. The Bertz CT molecular complexity index is 862. The van der Waals surface area contributed by atoms with Gasteiger partial charge in [-0.25, -0.2) is 0 Å². The van der Waals surface area contributed by atoms with Crippen molar-refractivity contribution < 1.29 is 0 Å². The van der Waals surface area contributed by atoms with E-state index in [9.17, 15) is 15.8 Å². The van der Waals surface area contributed by atoms with Gasteiger partial charge >= 0.3 is 0 Å². The third-order valence-corrected chi connectivity index (χ3v) is 6.52. The molecular formula is C17H14BrN5S. The van der Waals surface area contributed by atoms with Gasteiger partial charge < -0.3 is 10.6 Å². The van der Waals surface area contributed by atoms with Crippen LogP contribution in [0.3, 0.4) is 0 Å². The molecule has 0 unspecified atom stereocenters. The molecule has 0 amide bonds. The minimum Gasteiger partial charge on any atom is -0.399 e. The third-order valence-electron chi connectivity index (χ3n) is 4.74. The van der Waals surface area contributed by atoms with Crippen LogP contribution < -0.4 is 5.73 Å². The average Bonchev–Trinajstić information content (AvgIpc) is 3.00. The summed E-state index contributed by atoms with van der Waals surface area (Å²) in [5, 5.41) is 31.3. The fourth-order valence-corrected chi connectivity index (χ4v) is 5.30. The summed E-state index contributed by atoms with van der Waals surface area (Å²) in [5.41, 5.74) is 5.92. The lowest BCUT2D eigenvalue weighted by Crippen LogP contribution is -2.47. The number of rotatable bonds is 1. The van der Waals surface area contributed by atoms with Crippen molar-refractivity contribution >= 4 is 27.3 Å². The van der Waals surface area contributed by atoms with Crippen LogP contribution in [0.1, 0.15) is 10.8 Å². The van der Waals surface area contributed by atoms with Crippen molar-refractivity contribution in [2.75, 3.05) is 20.1 Å². The van der Waals surface area contributed by atoms with Crippen molar-refractivity contribution in [3.8, 4) is 18.2 Å². The van der Waals surface area contributed by atoms with Crippen LogP contribution in [0.4, 0.5) is 0 Å². The van der Waals surface area contributed by atoms with Gasteiger partial charge in [0.05, 0.1) is 23.4 Å². The number of thiophene rings is 1. The van der Waals surface area contributed by atoms with Crippen molar-refractivity contribution in [2.24, 2.45) is 17.1 Å². The molecule has 0 bridgehead atoms. The Kier molecular flexibility index (Phi) is 4.24. The van der Waals surface area contributed by atoms with Gasteiger partial charge in [0.1, 0.15) is 6.07 Å². The van der Waals surface area contributed by atoms with E-state index in [2.05, 4.69) is 39.0 Å². The van der Waals surface area contributed by atoms with Gasteiger partial charge in [0.15, 0.2) is 5.41 Å². The van der Waals surface area contributed by atoms with E-state index in [0.29, 0.717) is 12.1 Å². The maximum absolute atomic E-state index is 9.88. The van der Waals surface area contributed by atoms with Gasteiger partial charge in [-0.1, -0.05) is 6.08 Å². The van der Waals surface area contributed by atoms with Gasteiger partial charge in [-0.2, -0.15) is 15.8 Å². The SMILES string of the molecule is CN1CC=C2C(C#N)=C(N)C(C#N)(C#N)[C@@H](c3cc(Br)cs3)[C@H]2C1. The second kappa shape index (κ2) is 6.07. The highest BCUT2D eigenvalue weighted by Crippen LogP contribution is 2.55. The van der Waals surface area contributed by atoms with Crippen LogP contribution in [0, 0.1) is 45.3 Å². The van der Waals surface area contributed by atoms with Crippen LogP contribution in [0.15, 0.2) is 38.8 Å². The molecule has 1 aromatic rings. The second-order valence-corrected chi connectivity index (χ2v) is 7.92. The second-order valence-electron chi connectivity index (χ2n) is 6.06. The molecule has 0 radical (unpaired) electrons. The monoisotopic (exact) mass is 399 g/mol. The first-order chi connectivity index (χ1) is 11.5. The molecular weight excluding hydrogens is 386 g/mol. The van der Waals surface area contributed by atoms with Gasteiger partial charge in [-0.05, 0) is 34.6 Å². The summed E-state index contributed by atoms with van der Waals surface area (Å²) in [5.74, 6) is -0.509. The first-order valence-corrected chi connectivity index (χ1v) is 9.01. The molecule has 1 aliphatic heterocycles. The molecule has 5 nitrogen and oxygen atoms in total. The summed E-state index contributed by atoms with van der Waals surface area (Å²) in [4.78, 5) is 3.05. The molecule has 0 fully saturated rings. The summed E-state index contributed by atoms with van der Waals surface area (Å²) < 4.78 is 0.913. The number of nitrogens with zero attached hydrogens (tertiary/aromatic N) is 4. The molecule has 2 atom stereocenters. The number of halogens is 1. The molecule has 0 aromatic carbocycles. The van der Waals surface area contributed by atoms with E-state index in [-0.39, 0.29) is 11.6 Å². The van der Waals surface area contributed by atoms with E-state index >= 15 is 0 Å². The number of hydrogen-bond donors (Lipinski definition) is 1. The molecule has 3 rings (SSSR count). The minimum atomic E-state index is -1.53. The summed E-state index contributed by atoms with van der Waals surface area (Å²) in [6.45, 7) is 1.40. The Balaban J connectivity index is 2.33. The lowest BCUT2D eigenvalue weighted by molar-refractivity contribution is 0.240. The number of likely N-dealkylation sites (N-methyl/N-ethyl adjacent to an activating group) is 1. The van der Waals surface area contributed by atoms with Crippen molar-refractivity contribution in [3.05, 3.63) is 43.7 Å². The van der Waals surface area contributed by atoms with Crippen molar-refractivity contribution in [2.45, 2.75) is 5.92 Å². The molecule has 2 aliphatic rings. The maximum atomic E-state index is 9.88. The highest BCUT2D eigenvalue weighted by molar-refractivity contribution is 9.10. The highest BCUT2D eigenvalue weighted by Gasteiger charge is 2.54. The molecule has 120 valence electrons. The van der Waals surface area contributed by atoms with Gasteiger partial charge in [-0.3, -0.25) is 0 Å². The molecule has 0 saturated carbocycles. The molecule has 7 heteroatoms. The molecule has 24 heavy (non-hydrogen) atoms. The molecule has 0 saturated heterocycles. The van der Waals surface area contributed by atoms with Crippen LogP contribution in [0.25, 0.3) is 0 Å². The lowest BCUT2D eigenvalue weighted by atomic mass is 9.59. The Morgan fingerprint density at radius 1 is 1.38 bits per heavy atom. The zero-order valence-electron chi connectivity index (χ0n) is 13.0. The molecule has 0 spiro atoms. The predicted molar refractivity (Wildman–Crippen MR) is 94.3 cm³/mol. The molecule has 1 aromatic heterocycles. The summed E-state index contributed by atoms with van der Waals surface area (Å²) >= 11 is 4.95. The molecule has 1 aliphatic carbocycles. The van der Waals surface area contributed by atoms with Crippen molar-refractivity contribution in [3.63, 3.8) is 0 Å². The summed E-state index contributed by atoms with van der Waals surface area (Å²) in [6.07, 6.45) is 1.99. The zero-order valence-corrected chi connectivity index (χ0v) is 15.4. The predicted octanol–water partition coefficient (Wildman–Crippen LogP) is 2.87. The van der Waals surface area contributed by atoms with Crippen molar-refractivity contribution in [1.82, 2.24) is 4.90 Å². The van der Waals surface area contributed by atoms with E-state index in [4.69, 9.17) is 5.73 Å². The first-order valence-electron chi connectivity index (χ1n) is 7.34. The smallest absolute Gasteiger partial charge is 0.192 e. The Morgan fingerprint density at radius 3 is 2.62 bits per heavy atom. The van der Waals surface area contributed by atoms with Crippen LogP contribution in [0.2, 0.25) is 0 Å². The van der Waals surface area contributed by atoms with E-state index in [1.807, 2.05) is 24.6 Å². The molecule has 2 N–H and O–H groups in total. The van der Waals surface area contributed by atoms with Gasteiger partial charge in [-0.15, -0.1) is 11.3 Å². The Labute approximate surface area is 153 Å². The maximum Gasteiger partial charge on any atom is 0.192 e. The topological polar surface area (TPSA) is 101 Å². The lowest BCUT2D eigenvalue weighted by Gasteiger charge is -2.44. The quantitative estimate of drug-likeness (QED) is 0.781. The van der Waals surface area contributed by atoms with E-state index in [1.165, 1.54) is 11.3 Å². The van der Waals surface area contributed by atoms with E-state index in [1.54, 1.807) is 0 Å². The van der Waals surface area contributed by atoms with Crippen LogP contribution >= 0.6 is 27.3 Å². The fourth-order valence-electron chi connectivity index (χ4n) is 3.62. The average molecular weight is 400 g/mol. The van der Waals surface area contributed by atoms with Gasteiger partial charge in [0.25, 0.3) is 0 Å². The summed E-state index contributed by atoms with van der Waals surface area (Å²) in [6, 6.07) is 8.34. The van der Waals surface area contributed by atoms with Gasteiger partial charge in [0.2, 0.25) is 0 Å². The molecule has 2 heterocycles. The highest BCUT2D eigenvalue weighted by atomic mass is 79.9. The number of fused-ring (bicyclic) bond motifs is 1. The first kappa shape index (κ1) is 16.7. The number of nitrogens with two attached hydrogens (primary N) is 1. The van der Waals surface area contributed by atoms with Gasteiger partial charge in [0, 0.05) is 39.7 Å². The van der Waals surface area contributed by atoms with Crippen LogP contribution in [0.5, 0.6) is 0 Å². The van der Waals surface area contributed by atoms with E-state index in [0.717, 1.165) is 21.5 Å². The third kappa shape index (κ3) is 2.27. The standard InChI is InChI=1S/C17H14BrN5S/c1-23-3-2-11-12(5-19)16(22)17(8-20,9-21)15(13(11)6-23)14-4-10(18)7-24-14/h2,4,7,13,15H,3,6,22H2,1H3/t13-,15+/m0/s1. The Morgan fingerprint density at radius 2 is 2.08 bits per heavy atom. The van der Waals surface area contributed by atoms with Crippen molar-refractivity contribution in [1.29, 1.82) is 15.8 Å². The zero-order chi connectivity index (χ0) is 17.5. The number of hydrogen-bond acceptors (Lipinski definition) is 6. The largest absolute Gasteiger partial charge is 0.399 e. The fraction of sp³-hybridized carbons (Fsp3) is 0.353. The van der Waals surface area contributed by atoms with E-state index < -0.39 is 11.3 Å². The normalized spacial score (nSPS) is 25.9. The van der Waals surface area contributed by atoms with Crippen LogP contribution in [-0.2, 0) is 0 Å². The van der Waals surface area contributed by atoms with Crippen LogP contribution in [-0.4, -0.2) is 25.0 Å². The Hall–Kier alpha value is -2.11.